The molecule has 2 N–H and O–H groups in total. The molecule has 0 saturated carbocycles. The molecule has 4 rings (SSSR count). The summed E-state index contributed by atoms with van der Waals surface area (Å²) in [6.45, 7) is 3.33. The Hall–Kier alpha value is -3.11. The van der Waals surface area contributed by atoms with Gasteiger partial charge in [-0.3, -0.25) is 38.7 Å². The van der Waals surface area contributed by atoms with E-state index in [4.69, 9.17) is 10.2 Å². The summed E-state index contributed by atoms with van der Waals surface area (Å²) in [4.78, 5) is 63.3. The van der Waals surface area contributed by atoms with Crippen LogP contribution in [0.25, 0.3) is 0 Å². The van der Waals surface area contributed by atoms with Crippen molar-refractivity contribution in [3.05, 3.63) is 35.4 Å². The number of carbonyl (C=O) groups is 5. The predicted molar refractivity (Wildman–Crippen MR) is 112 cm³/mol. The third-order valence-corrected chi connectivity index (χ3v) is 6.00. The van der Waals surface area contributed by atoms with Crippen LogP contribution in [-0.4, -0.2) is 92.8 Å². The van der Waals surface area contributed by atoms with Crippen molar-refractivity contribution in [1.82, 2.24) is 14.7 Å². The number of likely N-dealkylation sites (N-methyl/N-ethyl adjacent to an activating group) is 1. The van der Waals surface area contributed by atoms with Crippen LogP contribution in [0.15, 0.2) is 24.3 Å². The maximum Gasteiger partial charge on any atom is 0.320 e. The number of piperidine rings is 1. The molecule has 0 bridgehead atoms. The molecule has 0 spiro atoms. The molecule has 32 heavy (non-hydrogen) atoms. The molecule has 1 unspecified atom stereocenters. The Morgan fingerprint density at radius 3 is 2.19 bits per heavy atom. The first kappa shape index (κ1) is 23.6. The maximum atomic E-state index is 12.4. The lowest BCUT2D eigenvalue weighted by molar-refractivity contribution is -0.152. The molecule has 3 aliphatic heterocycles. The topological polar surface area (TPSA) is 136 Å². The van der Waals surface area contributed by atoms with Crippen molar-refractivity contribution in [3.8, 4) is 0 Å². The normalized spacial score (nSPS) is 23.3. The number of aliphatic hydroxyl groups is 1. The van der Waals surface area contributed by atoms with Crippen molar-refractivity contribution in [2.24, 2.45) is 0 Å². The lowest BCUT2D eigenvalue weighted by Crippen LogP contribution is -2.56. The van der Waals surface area contributed by atoms with Gasteiger partial charge in [0.15, 0.2) is 0 Å². The zero-order valence-corrected chi connectivity index (χ0v) is 17.9. The van der Waals surface area contributed by atoms with E-state index in [-0.39, 0.29) is 43.2 Å². The summed E-state index contributed by atoms with van der Waals surface area (Å²) in [5, 5.41) is 17.6. The highest BCUT2D eigenvalue weighted by molar-refractivity contribution is 6.23. The molecule has 2 saturated heterocycles. The van der Waals surface area contributed by atoms with Crippen LogP contribution in [0.5, 0.6) is 0 Å². The molecule has 1 aromatic carbocycles. The lowest BCUT2D eigenvalue weighted by atomic mass is 10.0. The Kier molecular flexibility index (Phi) is 7.37. The number of carboxylic acid groups (broad SMARTS) is 1. The van der Waals surface area contributed by atoms with Crippen molar-refractivity contribution in [3.63, 3.8) is 0 Å². The highest BCUT2D eigenvalue weighted by atomic mass is 16.4. The van der Waals surface area contributed by atoms with Crippen LogP contribution in [0.1, 0.15) is 53.3 Å². The van der Waals surface area contributed by atoms with E-state index in [1.165, 1.54) is 0 Å². The van der Waals surface area contributed by atoms with Crippen molar-refractivity contribution in [2.75, 3.05) is 26.2 Å². The summed E-state index contributed by atoms with van der Waals surface area (Å²) in [5.41, 5.74) is 0.539. The van der Waals surface area contributed by atoms with Crippen LogP contribution in [0.4, 0.5) is 0 Å². The van der Waals surface area contributed by atoms with Gasteiger partial charge in [0, 0.05) is 6.42 Å². The number of β-amino-alcohol motifs (C(OH)–C–C–N with tert-alkyl or cyclic N) is 1. The number of carboxylic acids is 1. The number of nitrogens with zero attached hydrogens (tertiary/aromatic N) is 3. The summed E-state index contributed by atoms with van der Waals surface area (Å²) in [5.74, 6) is -2.71. The molecule has 10 heteroatoms. The lowest BCUT2D eigenvalue weighted by Gasteiger charge is -2.34. The van der Waals surface area contributed by atoms with Crippen LogP contribution < -0.4 is 0 Å². The Balaban J connectivity index is 0.000000243. The highest BCUT2D eigenvalue weighted by Gasteiger charge is 2.46. The van der Waals surface area contributed by atoms with E-state index in [1.54, 1.807) is 24.3 Å². The average Bonchev–Trinajstić information content (AvgIpc) is 3.36. The smallest absolute Gasteiger partial charge is 0.320 e. The second-order valence-corrected chi connectivity index (χ2v) is 7.81. The Morgan fingerprint density at radius 2 is 1.69 bits per heavy atom. The number of aliphatic hydroxyl groups excluding tert-OH is 1. The fourth-order valence-corrected chi connectivity index (χ4v) is 4.37. The number of hydrogen-bond donors (Lipinski definition) is 2. The summed E-state index contributed by atoms with van der Waals surface area (Å²) < 4.78 is 0. The molecule has 1 aromatic rings. The summed E-state index contributed by atoms with van der Waals surface area (Å²) in [7, 11) is 0. The van der Waals surface area contributed by atoms with Crippen molar-refractivity contribution < 1.29 is 34.2 Å². The number of rotatable bonds is 5. The number of carbonyl (C=O) groups excluding carboxylic acids is 4. The molecular formula is C22H27N3O7. The van der Waals surface area contributed by atoms with Gasteiger partial charge in [-0.25, -0.2) is 0 Å². The van der Waals surface area contributed by atoms with Gasteiger partial charge < -0.3 is 10.2 Å². The van der Waals surface area contributed by atoms with E-state index < -0.39 is 35.6 Å². The SMILES string of the molecule is CCN1CCC[C@H]1C(=O)O.O=C1CCC(N2C(=O)c3ccccc3C2=O)C(=O)N1CCO. The molecule has 3 aliphatic rings. The van der Waals surface area contributed by atoms with Gasteiger partial charge in [0.2, 0.25) is 5.91 Å². The molecular weight excluding hydrogens is 418 g/mol. The minimum atomic E-state index is -0.989. The summed E-state index contributed by atoms with van der Waals surface area (Å²) >= 11 is 0. The third kappa shape index (κ3) is 4.42. The molecule has 172 valence electrons. The van der Waals surface area contributed by atoms with E-state index in [9.17, 15) is 24.0 Å². The average molecular weight is 445 g/mol. The zero-order chi connectivity index (χ0) is 23.4. The van der Waals surface area contributed by atoms with Gasteiger partial charge in [-0.2, -0.15) is 0 Å². The van der Waals surface area contributed by atoms with E-state index in [1.807, 2.05) is 11.8 Å². The van der Waals surface area contributed by atoms with Gasteiger partial charge in [-0.05, 0) is 44.5 Å². The van der Waals surface area contributed by atoms with Crippen LogP contribution in [0.2, 0.25) is 0 Å². The number of benzene rings is 1. The number of fused-ring (bicyclic) bond motifs is 1. The third-order valence-electron chi connectivity index (χ3n) is 6.00. The van der Waals surface area contributed by atoms with Crippen molar-refractivity contribution >= 4 is 29.6 Å². The second kappa shape index (κ2) is 10.0. The molecule has 0 aliphatic carbocycles. The molecule has 0 aromatic heterocycles. The van der Waals surface area contributed by atoms with Gasteiger partial charge in [0.1, 0.15) is 12.1 Å². The Morgan fingerprint density at radius 1 is 1.06 bits per heavy atom. The molecule has 0 radical (unpaired) electrons. The Bertz CT molecular complexity index is 897. The van der Waals surface area contributed by atoms with Crippen molar-refractivity contribution in [1.29, 1.82) is 0 Å². The number of hydrogen-bond acceptors (Lipinski definition) is 7. The molecule has 4 amide bonds. The standard InChI is InChI=1S/C15H14N2O5.C7H13NO2/c18-8-7-16-12(19)6-5-11(15(16)22)17-13(20)9-3-1-2-4-10(9)14(17)21;1-2-8-5-3-4-6(8)7(9)10/h1-4,11,18H,5-8H2;6H,2-5H2,1H3,(H,9,10)/t;6-/m.0/s1. The number of amides is 4. The second-order valence-electron chi connectivity index (χ2n) is 7.81. The van der Waals surface area contributed by atoms with Crippen molar-refractivity contribution in [2.45, 2.75) is 44.7 Å². The molecule has 2 atom stereocenters. The van der Waals surface area contributed by atoms with Gasteiger partial charge in [-0.15, -0.1) is 0 Å². The first-order valence-corrected chi connectivity index (χ1v) is 10.7. The van der Waals surface area contributed by atoms with Gasteiger partial charge in [-0.1, -0.05) is 19.1 Å². The zero-order valence-electron chi connectivity index (χ0n) is 17.9. The highest BCUT2D eigenvalue weighted by Crippen LogP contribution is 2.28. The predicted octanol–water partition coefficient (Wildman–Crippen LogP) is 0.348. The number of aliphatic carboxylic acids is 1. The molecule has 2 fully saturated rings. The summed E-state index contributed by atoms with van der Waals surface area (Å²) in [6.07, 6.45) is 2.03. The van der Waals surface area contributed by atoms with E-state index in [2.05, 4.69) is 0 Å². The van der Waals surface area contributed by atoms with Crippen LogP contribution >= 0.6 is 0 Å². The van der Waals surface area contributed by atoms with Crippen LogP contribution in [0.3, 0.4) is 0 Å². The van der Waals surface area contributed by atoms with E-state index in [0.717, 1.165) is 35.7 Å². The minimum absolute atomic E-state index is 0.0593. The van der Waals surface area contributed by atoms with Gasteiger partial charge in [0.25, 0.3) is 17.7 Å². The summed E-state index contributed by atoms with van der Waals surface area (Å²) in [6, 6.07) is 5.19. The van der Waals surface area contributed by atoms with Gasteiger partial charge >= 0.3 is 5.97 Å². The quantitative estimate of drug-likeness (QED) is 0.620. The first-order valence-electron chi connectivity index (χ1n) is 10.7. The fraction of sp³-hybridized carbons (Fsp3) is 0.500. The van der Waals surface area contributed by atoms with Crippen LogP contribution in [-0.2, 0) is 14.4 Å². The maximum absolute atomic E-state index is 12.4. The molecule has 10 nitrogen and oxygen atoms in total. The van der Waals surface area contributed by atoms with E-state index in [0.29, 0.717) is 0 Å². The number of likely N-dealkylation sites (tertiary alicyclic amines) is 2. The van der Waals surface area contributed by atoms with Gasteiger partial charge in [0.05, 0.1) is 24.3 Å². The first-order chi connectivity index (χ1) is 15.3. The minimum Gasteiger partial charge on any atom is -0.480 e. The van der Waals surface area contributed by atoms with Crippen LogP contribution in [0, 0.1) is 0 Å². The fourth-order valence-electron chi connectivity index (χ4n) is 4.37. The molecule has 3 heterocycles. The number of imide groups is 2. The largest absolute Gasteiger partial charge is 0.480 e. The van der Waals surface area contributed by atoms with E-state index >= 15 is 0 Å². The monoisotopic (exact) mass is 445 g/mol. The Labute approximate surface area is 185 Å².